The second-order valence-electron chi connectivity index (χ2n) is 18.5. The molecule has 352 valence electrons. The minimum absolute atomic E-state index is 0.0369. The summed E-state index contributed by atoms with van der Waals surface area (Å²) in [5, 5.41) is 20.5. The molecule has 15 nitrogen and oxygen atoms in total. The van der Waals surface area contributed by atoms with E-state index in [1.165, 1.54) is 6.92 Å². The quantitative estimate of drug-likeness (QED) is 0.0429. The SMILES string of the molecule is CC.CC(=O)OCc1ccc(NC(=O)CNC(=O)C(NC(=O)CC(C)(C)OCCC(C)(C)n2cc(CCCCNc3nc(CCC(C)C)cc(CCC(C)C)n3)nn2)C(C)C)cc1. The van der Waals surface area contributed by atoms with Crippen molar-refractivity contribution in [2.24, 2.45) is 17.8 Å². The Balaban J connectivity index is 0.00000672. The number of unbranched alkanes of at least 4 members (excludes halogenated alkanes) is 1. The lowest BCUT2D eigenvalue weighted by Gasteiger charge is -2.30. The fourth-order valence-corrected chi connectivity index (χ4v) is 6.34. The first kappa shape index (κ1) is 54.2. The van der Waals surface area contributed by atoms with Crippen molar-refractivity contribution >= 4 is 35.3 Å². The van der Waals surface area contributed by atoms with E-state index < -0.39 is 23.5 Å². The molecule has 1 unspecified atom stereocenters. The van der Waals surface area contributed by atoms with Gasteiger partial charge in [-0.3, -0.25) is 19.2 Å². The molecule has 0 saturated heterocycles. The van der Waals surface area contributed by atoms with E-state index in [4.69, 9.17) is 19.4 Å². The summed E-state index contributed by atoms with van der Waals surface area (Å²) < 4.78 is 13.1. The average Bonchev–Trinajstić information content (AvgIpc) is 3.70. The molecule has 2 heterocycles. The van der Waals surface area contributed by atoms with Gasteiger partial charge in [-0.25, -0.2) is 14.6 Å². The van der Waals surface area contributed by atoms with Gasteiger partial charge in [0.25, 0.3) is 0 Å². The van der Waals surface area contributed by atoms with Crippen LogP contribution in [0.4, 0.5) is 11.6 Å². The van der Waals surface area contributed by atoms with Gasteiger partial charge in [0.1, 0.15) is 12.6 Å². The maximum atomic E-state index is 13.2. The van der Waals surface area contributed by atoms with Gasteiger partial charge in [0.15, 0.2) is 0 Å². The van der Waals surface area contributed by atoms with Crippen LogP contribution < -0.4 is 21.3 Å². The largest absolute Gasteiger partial charge is 0.461 e. The molecule has 3 rings (SSSR count). The highest BCUT2D eigenvalue weighted by Crippen LogP contribution is 2.23. The fraction of sp³-hybridized carbons (Fsp3) is 0.667. The zero-order valence-corrected chi connectivity index (χ0v) is 40.7. The standard InChI is InChI=1S/C46H73N9O6.C2H6/c1-31(2)15-19-37-26-38(20-16-32(3)4)51-44(50-37)47-24-13-12-14-39-29-55(54-53-39)45(8,9)23-25-61-46(10,11)27-40(57)52-42(33(5)6)43(59)48-28-41(58)49-36-21-17-35(18-22-36)30-60-34(7)56;1-2/h17-18,21-22,26,29,31-33,42H,12-16,19-20,23-25,27-28,30H2,1-11H3,(H,48,59)(H,49,58)(H,52,57)(H,47,50,51);1-2H3. The number of esters is 1. The highest BCUT2D eigenvalue weighted by Gasteiger charge is 2.30. The monoisotopic (exact) mass is 878 g/mol. The molecular weight excluding hydrogens is 799 g/mol. The maximum absolute atomic E-state index is 13.2. The van der Waals surface area contributed by atoms with Gasteiger partial charge in [-0.1, -0.05) is 72.7 Å². The molecule has 0 saturated carbocycles. The Morgan fingerprint density at radius 1 is 0.810 bits per heavy atom. The molecule has 4 N–H and O–H groups in total. The van der Waals surface area contributed by atoms with Crippen molar-refractivity contribution < 1.29 is 28.7 Å². The van der Waals surface area contributed by atoms with Crippen LogP contribution in [0.25, 0.3) is 0 Å². The number of hydrogen-bond acceptors (Lipinski definition) is 11. The third-order valence-electron chi connectivity index (χ3n) is 10.3. The van der Waals surface area contributed by atoms with Gasteiger partial charge < -0.3 is 30.7 Å². The summed E-state index contributed by atoms with van der Waals surface area (Å²) in [7, 11) is 0. The molecule has 0 aliphatic heterocycles. The van der Waals surface area contributed by atoms with Crippen LogP contribution in [-0.4, -0.2) is 80.0 Å². The van der Waals surface area contributed by atoms with Crippen molar-refractivity contribution in [1.82, 2.24) is 35.6 Å². The van der Waals surface area contributed by atoms with Gasteiger partial charge in [-0.15, -0.1) is 5.10 Å². The second-order valence-corrected chi connectivity index (χ2v) is 18.5. The molecule has 15 heteroatoms. The van der Waals surface area contributed by atoms with Gasteiger partial charge in [0.2, 0.25) is 23.7 Å². The van der Waals surface area contributed by atoms with Gasteiger partial charge in [0, 0.05) is 43.3 Å². The predicted octanol–water partition coefficient (Wildman–Crippen LogP) is 7.98. The first-order valence-corrected chi connectivity index (χ1v) is 23.0. The summed E-state index contributed by atoms with van der Waals surface area (Å²) in [5.41, 5.74) is 3.29. The van der Waals surface area contributed by atoms with E-state index in [-0.39, 0.29) is 42.9 Å². The van der Waals surface area contributed by atoms with E-state index in [0.29, 0.717) is 30.6 Å². The molecule has 0 radical (unpaired) electrons. The van der Waals surface area contributed by atoms with Crippen molar-refractivity contribution in [3.05, 3.63) is 59.2 Å². The first-order chi connectivity index (χ1) is 29.7. The number of anilines is 2. The molecule has 0 aliphatic rings. The summed E-state index contributed by atoms with van der Waals surface area (Å²) in [5.74, 6) is 0.164. The Bertz CT molecular complexity index is 1810. The van der Waals surface area contributed by atoms with Crippen LogP contribution in [0.3, 0.4) is 0 Å². The van der Waals surface area contributed by atoms with E-state index in [1.807, 2.05) is 52.4 Å². The van der Waals surface area contributed by atoms with Crippen LogP contribution in [0.15, 0.2) is 36.5 Å². The minimum atomic E-state index is -0.841. The first-order valence-electron chi connectivity index (χ1n) is 23.0. The number of nitrogens with one attached hydrogen (secondary N) is 4. The van der Waals surface area contributed by atoms with Crippen LogP contribution in [0, 0.1) is 17.8 Å². The van der Waals surface area contributed by atoms with Crippen LogP contribution in [0.2, 0.25) is 0 Å². The number of benzene rings is 1. The summed E-state index contributed by atoms with van der Waals surface area (Å²) in [6.45, 7) is 26.9. The number of hydrogen-bond donors (Lipinski definition) is 4. The molecule has 0 fully saturated rings. The van der Waals surface area contributed by atoms with Crippen LogP contribution >= 0.6 is 0 Å². The Labute approximate surface area is 377 Å². The molecule has 1 atom stereocenters. The molecule has 3 aromatic rings. The van der Waals surface area contributed by atoms with E-state index in [2.05, 4.69) is 79.2 Å². The molecule has 0 bridgehead atoms. The molecule has 0 spiro atoms. The summed E-state index contributed by atoms with van der Waals surface area (Å²) in [4.78, 5) is 59.4. The smallest absolute Gasteiger partial charge is 0.302 e. The Morgan fingerprint density at radius 2 is 1.43 bits per heavy atom. The van der Waals surface area contributed by atoms with Crippen molar-refractivity contribution in [3.63, 3.8) is 0 Å². The third kappa shape index (κ3) is 21.8. The number of carbonyl (C=O) groups excluding carboxylic acids is 4. The lowest BCUT2D eigenvalue weighted by molar-refractivity contribution is -0.142. The number of rotatable bonds is 27. The lowest BCUT2D eigenvalue weighted by Crippen LogP contribution is -2.52. The zero-order valence-electron chi connectivity index (χ0n) is 40.7. The number of ether oxygens (including phenoxy) is 2. The second kappa shape index (κ2) is 27.3. The van der Waals surface area contributed by atoms with Crippen molar-refractivity contribution in [2.75, 3.05) is 30.3 Å². The number of nitrogens with zero attached hydrogens (tertiary/aromatic N) is 5. The summed E-state index contributed by atoms with van der Waals surface area (Å²) >= 11 is 0. The predicted molar refractivity (Wildman–Crippen MR) is 250 cm³/mol. The Kier molecular flexibility index (Phi) is 23.5. The Morgan fingerprint density at radius 3 is 2.00 bits per heavy atom. The molecular formula is C48H79N9O6. The maximum Gasteiger partial charge on any atom is 0.302 e. The van der Waals surface area contributed by atoms with Crippen molar-refractivity contribution in [2.45, 2.75) is 172 Å². The normalized spacial score (nSPS) is 12.1. The van der Waals surface area contributed by atoms with E-state index in [9.17, 15) is 19.2 Å². The third-order valence-corrected chi connectivity index (χ3v) is 10.3. The Hall–Kier alpha value is -4.92. The van der Waals surface area contributed by atoms with E-state index in [1.54, 1.807) is 24.3 Å². The molecule has 2 aromatic heterocycles. The van der Waals surface area contributed by atoms with Crippen molar-refractivity contribution in [1.29, 1.82) is 0 Å². The highest BCUT2D eigenvalue weighted by atomic mass is 16.5. The van der Waals surface area contributed by atoms with Gasteiger partial charge in [-0.05, 0) is 121 Å². The number of aryl methyl sites for hydroxylation is 3. The topological polar surface area (TPSA) is 191 Å². The fourth-order valence-electron chi connectivity index (χ4n) is 6.34. The highest BCUT2D eigenvalue weighted by molar-refractivity contribution is 5.96. The minimum Gasteiger partial charge on any atom is -0.461 e. The number of amides is 3. The number of aromatic nitrogens is 5. The van der Waals surface area contributed by atoms with Crippen molar-refractivity contribution in [3.8, 4) is 0 Å². The van der Waals surface area contributed by atoms with Crippen LogP contribution in [-0.2, 0) is 60.1 Å². The summed E-state index contributed by atoms with van der Waals surface area (Å²) in [6.07, 6.45) is 9.53. The van der Waals surface area contributed by atoms with E-state index in [0.717, 1.165) is 80.1 Å². The summed E-state index contributed by atoms with van der Waals surface area (Å²) in [6, 6.07) is 8.17. The van der Waals surface area contributed by atoms with E-state index >= 15 is 0 Å². The molecule has 3 amide bonds. The van der Waals surface area contributed by atoms with Gasteiger partial charge >= 0.3 is 5.97 Å². The average molecular weight is 878 g/mol. The molecule has 1 aromatic carbocycles. The number of carbonyl (C=O) groups is 4. The molecule has 63 heavy (non-hydrogen) atoms. The van der Waals surface area contributed by atoms with Gasteiger partial charge in [0.05, 0.1) is 29.8 Å². The van der Waals surface area contributed by atoms with Gasteiger partial charge in [-0.2, -0.15) is 0 Å². The lowest BCUT2D eigenvalue weighted by atomic mass is 9.99. The van der Waals surface area contributed by atoms with Crippen LogP contribution in [0.5, 0.6) is 0 Å². The van der Waals surface area contributed by atoms with Crippen LogP contribution in [0.1, 0.15) is 151 Å². The molecule has 0 aliphatic carbocycles. The zero-order chi connectivity index (χ0) is 47.2.